The van der Waals surface area contributed by atoms with Crippen LogP contribution in [-0.4, -0.2) is 69.6 Å². The number of nitrogens with one attached hydrogen (secondary N) is 1. The molecule has 8 atom stereocenters. The van der Waals surface area contributed by atoms with Crippen LogP contribution in [0.1, 0.15) is 44.7 Å². The number of aliphatic hydroxyl groups excluding tert-OH is 1. The Morgan fingerprint density at radius 3 is 2.54 bits per heavy atom. The van der Waals surface area contributed by atoms with E-state index in [1.165, 1.54) is 4.90 Å². The maximum absolute atomic E-state index is 14.1. The summed E-state index contributed by atoms with van der Waals surface area (Å²) >= 11 is 3.65. The van der Waals surface area contributed by atoms with Crippen molar-refractivity contribution in [1.29, 1.82) is 0 Å². The van der Waals surface area contributed by atoms with Gasteiger partial charge in [-0.1, -0.05) is 54.4 Å². The largest absolute Gasteiger partial charge is 0.466 e. The van der Waals surface area contributed by atoms with Gasteiger partial charge in [0.15, 0.2) is 0 Å². The van der Waals surface area contributed by atoms with Crippen molar-refractivity contribution in [2.45, 2.75) is 76.1 Å². The fourth-order valence-electron chi connectivity index (χ4n) is 6.25. The molecular weight excluding hydrogens is 516 g/mol. The maximum atomic E-state index is 14.1. The van der Waals surface area contributed by atoms with E-state index in [2.05, 4.69) is 21.2 Å². The lowest BCUT2D eigenvalue weighted by Gasteiger charge is -2.39. The Morgan fingerprint density at radius 1 is 1.31 bits per heavy atom. The van der Waals surface area contributed by atoms with E-state index < -0.39 is 41.6 Å². The molecule has 4 rings (SSSR count). The molecular formula is C26H35BrN2O6. The van der Waals surface area contributed by atoms with Crippen LogP contribution in [0.3, 0.4) is 0 Å². The number of aryl methyl sites for hydroxylation is 2. The first kappa shape index (κ1) is 26.1. The molecule has 1 aromatic rings. The number of nitrogens with zero attached hydrogens (tertiary/aromatic N) is 1. The minimum absolute atomic E-state index is 0.0623. The van der Waals surface area contributed by atoms with Gasteiger partial charge in [-0.05, 0) is 44.2 Å². The molecule has 2 amide bonds. The van der Waals surface area contributed by atoms with Crippen molar-refractivity contribution < 1.29 is 29.0 Å². The number of para-hydroxylation sites is 1. The second-order valence-electron chi connectivity index (χ2n) is 10.1. The summed E-state index contributed by atoms with van der Waals surface area (Å²) in [5.74, 6) is -2.89. The second kappa shape index (κ2) is 9.82. The second-order valence-corrected chi connectivity index (χ2v) is 11.2. The number of carbonyl (C=O) groups is 3. The maximum Gasteiger partial charge on any atom is 0.312 e. The average molecular weight is 551 g/mol. The van der Waals surface area contributed by atoms with Gasteiger partial charge in [0, 0.05) is 10.5 Å². The molecule has 3 saturated heterocycles. The summed E-state index contributed by atoms with van der Waals surface area (Å²) in [6.07, 6.45) is 0.560. The molecule has 0 radical (unpaired) electrons. The highest BCUT2D eigenvalue weighted by molar-refractivity contribution is 9.09. The Balaban J connectivity index is 1.81. The number of alkyl halides is 1. The number of rotatable bonds is 8. The van der Waals surface area contributed by atoms with Crippen molar-refractivity contribution >= 4 is 39.4 Å². The molecule has 35 heavy (non-hydrogen) atoms. The standard InChI is InChI=1S/C26H35BrN2O6/c1-6-13(3)17(12-30)29-22(23(31)28-20-14(4)9-8-10-15(20)5)26-11-16(27)21(35-26)18(19(26)24(29)32)25(33)34-7-2/h8-10,13,16-19,21-22,30H,6-7,11-12H2,1-5H3,(H,28,31)/t13-,16?,17-,18+,19-,21+,22+,26-/m0/s1. The molecule has 8 nitrogen and oxygen atoms in total. The predicted octanol–water partition coefficient (Wildman–Crippen LogP) is 2.96. The number of esters is 1. The number of hydrogen-bond acceptors (Lipinski definition) is 6. The van der Waals surface area contributed by atoms with Gasteiger partial charge < -0.3 is 24.8 Å². The average Bonchev–Trinajstić information content (AvgIpc) is 3.40. The number of halogens is 1. The fraction of sp³-hybridized carbons (Fsp3) is 0.654. The fourth-order valence-corrected chi connectivity index (χ4v) is 7.19. The summed E-state index contributed by atoms with van der Waals surface area (Å²) in [5.41, 5.74) is 1.32. The number of likely N-dealkylation sites (tertiary alicyclic amines) is 1. The number of fused-ring (bicyclic) bond motifs is 1. The van der Waals surface area contributed by atoms with E-state index in [4.69, 9.17) is 9.47 Å². The number of hydrogen-bond donors (Lipinski definition) is 2. The van der Waals surface area contributed by atoms with Gasteiger partial charge in [-0.2, -0.15) is 0 Å². The van der Waals surface area contributed by atoms with Crippen LogP contribution in [0.2, 0.25) is 0 Å². The van der Waals surface area contributed by atoms with E-state index in [1.54, 1.807) is 6.92 Å². The minimum Gasteiger partial charge on any atom is -0.466 e. The molecule has 192 valence electrons. The molecule has 2 bridgehead atoms. The number of benzene rings is 1. The topological polar surface area (TPSA) is 105 Å². The Labute approximate surface area is 214 Å². The number of anilines is 1. The zero-order chi connectivity index (χ0) is 25.7. The van der Waals surface area contributed by atoms with Crippen LogP contribution >= 0.6 is 15.9 Å². The van der Waals surface area contributed by atoms with Crippen LogP contribution in [0.5, 0.6) is 0 Å². The third-order valence-electron chi connectivity index (χ3n) is 8.11. The van der Waals surface area contributed by atoms with Gasteiger partial charge in [0.1, 0.15) is 11.6 Å². The van der Waals surface area contributed by atoms with Gasteiger partial charge in [-0.15, -0.1) is 0 Å². The molecule has 9 heteroatoms. The van der Waals surface area contributed by atoms with Crippen molar-refractivity contribution in [3.63, 3.8) is 0 Å². The summed E-state index contributed by atoms with van der Waals surface area (Å²) < 4.78 is 11.8. The summed E-state index contributed by atoms with van der Waals surface area (Å²) in [6, 6.07) is 4.18. The highest BCUT2D eigenvalue weighted by Gasteiger charge is 2.77. The van der Waals surface area contributed by atoms with Crippen molar-refractivity contribution in [2.75, 3.05) is 18.5 Å². The first-order chi connectivity index (χ1) is 16.6. The molecule has 0 saturated carbocycles. The molecule has 3 aliphatic heterocycles. The van der Waals surface area contributed by atoms with E-state index in [0.29, 0.717) is 18.5 Å². The number of carbonyl (C=O) groups excluding carboxylic acids is 3. The van der Waals surface area contributed by atoms with E-state index in [0.717, 1.165) is 11.1 Å². The molecule has 3 aliphatic rings. The monoisotopic (exact) mass is 550 g/mol. The minimum atomic E-state index is -1.19. The summed E-state index contributed by atoms with van der Waals surface area (Å²) in [7, 11) is 0. The first-order valence-corrected chi connectivity index (χ1v) is 13.3. The van der Waals surface area contributed by atoms with Crippen LogP contribution in [0.15, 0.2) is 18.2 Å². The molecule has 1 aromatic carbocycles. The van der Waals surface area contributed by atoms with E-state index in [9.17, 15) is 19.5 Å². The number of ether oxygens (including phenoxy) is 2. The van der Waals surface area contributed by atoms with Crippen LogP contribution in [0.4, 0.5) is 5.69 Å². The van der Waals surface area contributed by atoms with E-state index in [-0.39, 0.29) is 35.8 Å². The van der Waals surface area contributed by atoms with Crippen molar-refractivity contribution in [2.24, 2.45) is 17.8 Å². The Kier molecular flexibility index (Phi) is 7.33. The molecule has 1 spiro atoms. The van der Waals surface area contributed by atoms with Crippen molar-refractivity contribution in [1.82, 2.24) is 4.90 Å². The SMILES string of the molecule is CCOC(=O)[C@H]1[C@@H]2O[C@@]3(CC2Br)[C@@H]1C(=O)N([C@@H](CO)[C@@H](C)CC)[C@@H]3C(=O)Nc1c(C)cccc1C. The van der Waals surface area contributed by atoms with Gasteiger partial charge >= 0.3 is 5.97 Å². The zero-order valence-corrected chi connectivity index (χ0v) is 22.5. The number of amides is 2. The smallest absolute Gasteiger partial charge is 0.312 e. The lowest BCUT2D eigenvalue weighted by Crippen LogP contribution is -2.57. The number of aliphatic hydroxyl groups is 1. The molecule has 2 N–H and O–H groups in total. The lowest BCUT2D eigenvalue weighted by atomic mass is 9.70. The molecule has 1 unspecified atom stereocenters. The highest BCUT2D eigenvalue weighted by atomic mass is 79.9. The Morgan fingerprint density at radius 2 is 1.97 bits per heavy atom. The van der Waals surface area contributed by atoms with Gasteiger partial charge in [-0.3, -0.25) is 14.4 Å². The van der Waals surface area contributed by atoms with Crippen molar-refractivity contribution in [3.05, 3.63) is 29.3 Å². The van der Waals surface area contributed by atoms with Gasteiger partial charge in [0.25, 0.3) is 0 Å². The predicted molar refractivity (Wildman–Crippen MR) is 134 cm³/mol. The quantitative estimate of drug-likeness (QED) is 0.381. The Bertz CT molecular complexity index is 997. The molecule has 0 aliphatic carbocycles. The third kappa shape index (κ3) is 4.00. The lowest BCUT2D eigenvalue weighted by molar-refractivity contribution is -0.155. The zero-order valence-electron chi connectivity index (χ0n) is 20.9. The van der Waals surface area contributed by atoms with Gasteiger partial charge in [0.05, 0.1) is 37.2 Å². The van der Waals surface area contributed by atoms with Crippen LogP contribution in [0.25, 0.3) is 0 Å². The highest BCUT2D eigenvalue weighted by Crippen LogP contribution is 2.60. The van der Waals surface area contributed by atoms with E-state index >= 15 is 0 Å². The first-order valence-electron chi connectivity index (χ1n) is 12.4. The van der Waals surface area contributed by atoms with Gasteiger partial charge in [-0.25, -0.2) is 0 Å². The van der Waals surface area contributed by atoms with Crippen molar-refractivity contribution in [3.8, 4) is 0 Å². The summed E-state index contributed by atoms with van der Waals surface area (Å²) in [5, 5.41) is 13.4. The summed E-state index contributed by atoms with van der Waals surface area (Å²) in [6.45, 7) is 9.39. The molecule has 3 fully saturated rings. The molecule has 3 heterocycles. The van der Waals surface area contributed by atoms with Gasteiger partial charge in [0.2, 0.25) is 11.8 Å². The summed E-state index contributed by atoms with van der Waals surface area (Å²) in [4.78, 5) is 42.4. The third-order valence-corrected chi connectivity index (χ3v) is 8.95. The molecule has 0 aromatic heterocycles. The van der Waals surface area contributed by atoms with Crippen LogP contribution in [-0.2, 0) is 23.9 Å². The van der Waals surface area contributed by atoms with Crippen LogP contribution < -0.4 is 5.32 Å². The Hall–Kier alpha value is -1.97. The van der Waals surface area contributed by atoms with E-state index in [1.807, 2.05) is 45.9 Å². The normalized spacial score (nSPS) is 32.9. The van der Waals surface area contributed by atoms with Crippen LogP contribution in [0, 0.1) is 31.6 Å².